The van der Waals surface area contributed by atoms with Crippen molar-refractivity contribution in [3.63, 3.8) is 0 Å². The van der Waals surface area contributed by atoms with Crippen molar-refractivity contribution in [3.8, 4) is 0 Å². The Labute approximate surface area is 89.1 Å². The number of nitrogens with zero attached hydrogens (tertiary/aromatic N) is 3. The van der Waals surface area contributed by atoms with E-state index < -0.39 is 11.4 Å². The van der Waals surface area contributed by atoms with E-state index in [1.807, 2.05) is 13.8 Å². The second-order valence-electron chi connectivity index (χ2n) is 3.77. The number of aliphatic carboxylic acids is 1. The highest BCUT2D eigenvalue weighted by Crippen LogP contribution is 2.30. The van der Waals surface area contributed by atoms with Crippen molar-refractivity contribution < 1.29 is 9.90 Å². The first-order valence-electron chi connectivity index (χ1n) is 5.12. The highest BCUT2D eigenvalue weighted by atomic mass is 16.4. The average Bonchev–Trinajstić information content (AvgIpc) is 2.60. The van der Waals surface area contributed by atoms with Crippen LogP contribution in [0.25, 0.3) is 0 Å². The molecule has 5 nitrogen and oxygen atoms in total. The van der Waals surface area contributed by atoms with E-state index in [2.05, 4.69) is 10.1 Å². The Bertz CT molecular complexity index is 342. The summed E-state index contributed by atoms with van der Waals surface area (Å²) in [6.07, 6.45) is 3.09. The Morgan fingerprint density at radius 1 is 1.53 bits per heavy atom. The molecule has 1 N–H and O–H groups in total. The van der Waals surface area contributed by atoms with Gasteiger partial charge in [0, 0.05) is 13.5 Å². The van der Waals surface area contributed by atoms with Crippen LogP contribution < -0.4 is 0 Å². The second kappa shape index (κ2) is 4.42. The van der Waals surface area contributed by atoms with Gasteiger partial charge in [0.2, 0.25) is 0 Å². The van der Waals surface area contributed by atoms with E-state index in [4.69, 9.17) is 0 Å². The molecule has 1 heterocycles. The molecule has 0 aliphatic carbocycles. The fraction of sp³-hybridized carbons (Fsp3) is 0.700. The Hall–Kier alpha value is -1.39. The summed E-state index contributed by atoms with van der Waals surface area (Å²) in [5, 5.41) is 13.2. The Morgan fingerprint density at radius 3 is 2.47 bits per heavy atom. The Balaban J connectivity index is 2.93. The van der Waals surface area contributed by atoms with Crippen molar-refractivity contribution in [1.82, 2.24) is 14.8 Å². The standard InChI is InChI=1S/C10H17N3O2/c1-4-10(5-2,9(14)15)6-8-11-7-12-13(8)3/h7H,4-6H2,1-3H3,(H,14,15). The molecule has 0 aliphatic rings. The molecule has 0 radical (unpaired) electrons. The number of carboxylic acid groups (broad SMARTS) is 1. The molecule has 0 saturated heterocycles. The maximum absolute atomic E-state index is 11.3. The molecule has 0 saturated carbocycles. The molecule has 0 amide bonds. The number of hydrogen-bond acceptors (Lipinski definition) is 3. The van der Waals surface area contributed by atoms with Crippen LogP contribution in [0.3, 0.4) is 0 Å². The summed E-state index contributed by atoms with van der Waals surface area (Å²) in [5.41, 5.74) is -0.708. The lowest BCUT2D eigenvalue weighted by Crippen LogP contribution is -2.33. The van der Waals surface area contributed by atoms with E-state index in [1.165, 1.54) is 6.33 Å². The molecule has 1 aromatic rings. The van der Waals surface area contributed by atoms with E-state index >= 15 is 0 Å². The molecule has 0 spiro atoms. The molecule has 1 rings (SSSR count). The molecule has 84 valence electrons. The fourth-order valence-corrected chi connectivity index (χ4v) is 1.66. The molecule has 1 aromatic heterocycles. The monoisotopic (exact) mass is 211 g/mol. The largest absolute Gasteiger partial charge is 0.481 e. The topological polar surface area (TPSA) is 68.0 Å². The first kappa shape index (κ1) is 11.7. The summed E-state index contributed by atoms with van der Waals surface area (Å²) in [6.45, 7) is 3.79. The molecular weight excluding hydrogens is 194 g/mol. The van der Waals surface area contributed by atoms with Gasteiger partial charge >= 0.3 is 5.97 Å². The fourth-order valence-electron chi connectivity index (χ4n) is 1.66. The van der Waals surface area contributed by atoms with Crippen molar-refractivity contribution >= 4 is 5.97 Å². The van der Waals surface area contributed by atoms with Gasteiger partial charge < -0.3 is 5.11 Å². The van der Waals surface area contributed by atoms with E-state index in [-0.39, 0.29) is 0 Å². The van der Waals surface area contributed by atoms with E-state index in [1.54, 1.807) is 11.7 Å². The molecule has 0 aromatic carbocycles. The van der Waals surface area contributed by atoms with Crippen LogP contribution in [0.2, 0.25) is 0 Å². The number of carbonyl (C=O) groups is 1. The van der Waals surface area contributed by atoms with Gasteiger partial charge in [0.05, 0.1) is 5.41 Å². The van der Waals surface area contributed by atoms with E-state index in [9.17, 15) is 9.90 Å². The number of carboxylic acids is 1. The average molecular weight is 211 g/mol. The van der Waals surface area contributed by atoms with Crippen LogP contribution in [-0.2, 0) is 18.3 Å². The van der Waals surface area contributed by atoms with Crippen molar-refractivity contribution in [2.24, 2.45) is 12.5 Å². The maximum Gasteiger partial charge on any atom is 0.310 e. The zero-order valence-electron chi connectivity index (χ0n) is 9.40. The van der Waals surface area contributed by atoms with Gasteiger partial charge in [-0.1, -0.05) is 13.8 Å². The lowest BCUT2D eigenvalue weighted by molar-refractivity contribution is -0.149. The summed E-state index contributed by atoms with van der Waals surface area (Å²) < 4.78 is 1.63. The third-order valence-corrected chi connectivity index (χ3v) is 3.11. The number of aryl methyl sites for hydroxylation is 1. The highest BCUT2D eigenvalue weighted by Gasteiger charge is 2.36. The molecule has 0 unspecified atom stereocenters. The van der Waals surface area contributed by atoms with Crippen LogP contribution in [0.4, 0.5) is 0 Å². The zero-order valence-corrected chi connectivity index (χ0v) is 9.40. The minimum atomic E-state index is -0.754. The molecule has 0 atom stereocenters. The van der Waals surface area contributed by atoms with Crippen molar-refractivity contribution in [2.75, 3.05) is 0 Å². The van der Waals surface area contributed by atoms with E-state index in [0.717, 1.165) is 5.82 Å². The molecular formula is C10H17N3O2. The summed E-state index contributed by atoms with van der Waals surface area (Å²) in [5.74, 6) is -0.0309. The lowest BCUT2D eigenvalue weighted by atomic mass is 9.79. The molecule has 15 heavy (non-hydrogen) atoms. The third-order valence-electron chi connectivity index (χ3n) is 3.11. The third kappa shape index (κ3) is 2.16. The van der Waals surface area contributed by atoms with Gasteiger partial charge in [-0.25, -0.2) is 4.98 Å². The Kier molecular flexibility index (Phi) is 3.44. The minimum absolute atomic E-state index is 0.436. The van der Waals surface area contributed by atoms with Crippen LogP contribution in [0, 0.1) is 5.41 Å². The van der Waals surface area contributed by atoms with Crippen molar-refractivity contribution in [3.05, 3.63) is 12.2 Å². The summed E-state index contributed by atoms with van der Waals surface area (Å²) >= 11 is 0. The Morgan fingerprint density at radius 2 is 2.13 bits per heavy atom. The molecule has 0 fully saturated rings. The SMILES string of the molecule is CCC(CC)(Cc1ncnn1C)C(=O)O. The van der Waals surface area contributed by atoms with Crippen LogP contribution >= 0.6 is 0 Å². The van der Waals surface area contributed by atoms with Gasteiger partial charge in [-0.3, -0.25) is 9.48 Å². The van der Waals surface area contributed by atoms with Gasteiger partial charge in [-0.15, -0.1) is 0 Å². The first-order chi connectivity index (χ1) is 7.05. The second-order valence-corrected chi connectivity index (χ2v) is 3.77. The van der Waals surface area contributed by atoms with Gasteiger partial charge in [-0.2, -0.15) is 5.10 Å². The predicted octanol–water partition coefficient (Wildman–Crippen LogP) is 1.25. The van der Waals surface area contributed by atoms with Crippen LogP contribution in [-0.4, -0.2) is 25.8 Å². The summed E-state index contributed by atoms with van der Waals surface area (Å²) in [6, 6.07) is 0. The first-order valence-corrected chi connectivity index (χ1v) is 5.12. The number of rotatable bonds is 5. The smallest absolute Gasteiger partial charge is 0.310 e. The van der Waals surface area contributed by atoms with Crippen molar-refractivity contribution in [1.29, 1.82) is 0 Å². The van der Waals surface area contributed by atoms with Crippen molar-refractivity contribution in [2.45, 2.75) is 33.1 Å². The normalized spacial score (nSPS) is 11.7. The van der Waals surface area contributed by atoms with Crippen LogP contribution in [0.1, 0.15) is 32.5 Å². The van der Waals surface area contributed by atoms with Gasteiger partial charge in [0.25, 0.3) is 0 Å². The number of aromatic nitrogens is 3. The molecule has 0 aliphatic heterocycles. The lowest BCUT2D eigenvalue weighted by Gasteiger charge is -2.25. The van der Waals surface area contributed by atoms with Gasteiger partial charge in [0.1, 0.15) is 12.2 Å². The highest BCUT2D eigenvalue weighted by molar-refractivity contribution is 5.74. The summed E-state index contributed by atoms with van der Waals surface area (Å²) in [7, 11) is 1.78. The zero-order chi connectivity index (χ0) is 11.5. The molecule has 0 bridgehead atoms. The molecule has 5 heteroatoms. The minimum Gasteiger partial charge on any atom is -0.481 e. The van der Waals surface area contributed by atoms with Crippen LogP contribution in [0.15, 0.2) is 6.33 Å². The number of hydrogen-bond donors (Lipinski definition) is 1. The quantitative estimate of drug-likeness (QED) is 0.795. The maximum atomic E-state index is 11.3. The predicted molar refractivity (Wildman–Crippen MR) is 55.4 cm³/mol. The van der Waals surface area contributed by atoms with Crippen LogP contribution in [0.5, 0.6) is 0 Å². The van der Waals surface area contributed by atoms with Gasteiger partial charge in [0.15, 0.2) is 0 Å². The van der Waals surface area contributed by atoms with Gasteiger partial charge in [-0.05, 0) is 12.8 Å². The summed E-state index contributed by atoms with van der Waals surface area (Å²) in [4.78, 5) is 15.3. The van der Waals surface area contributed by atoms with E-state index in [0.29, 0.717) is 19.3 Å².